The number of guanidine groups is 1. The standard InChI is InChI=1S/C8H8BrClN4O/c9-5-1-2-6(10)7(15)4(5)3-13-14-8(11)12/h1-3,15H,(H4,11,12,14). The van der Waals surface area contributed by atoms with Gasteiger partial charge in [0.1, 0.15) is 5.75 Å². The molecule has 5 nitrogen and oxygen atoms in total. The lowest BCUT2D eigenvalue weighted by Crippen LogP contribution is -2.21. The van der Waals surface area contributed by atoms with Crippen molar-refractivity contribution in [2.45, 2.75) is 0 Å². The van der Waals surface area contributed by atoms with Crippen molar-refractivity contribution >= 4 is 39.7 Å². The van der Waals surface area contributed by atoms with E-state index in [0.717, 1.165) is 0 Å². The number of hydrogen-bond acceptors (Lipinski definition) is 3. The summed E-state index contributed by atoms with van der Waals surface area (Å²) in [6.07, 6.45) is 1.30. The van der Waals surface area contributed by atoms with Gasteiger partial charge in [-0.3, -0.25) is 0 Å². The Morgan fingerprint density at radius 2 is 2.13 bits per heavy atom. The fourth-order valence-electron chi connectivity index (χ4n) is 0.833. The molecule has 0 heterocycles. The van der Waals surface area contributed by atoms with Crippen LogP contribution in [0.3, 0.4) is 0 Å². The number of nitrogens with two attached hydrogens (primary N) is 2. The predicted octanol–water partition coefficient (Wildman–Crippen LogP) is 1.42. The lowest BCUT2D eigenvalue weighted by molar-refractivity contribution is 0.474. The maximum Gasteiger partial charge on any atom is 0.211 e. The van der Waals surface area contributed by atoms with Crippen molar-refractivity contribution in [3.05, 3.63) is 27.2 Å². The summed E-state index contributed by atoms with van der Waals surface area (Å²) in [7, 11) is 0. The van der Waals surface area contributed by atoms with Gasteiger partial charge in [0.2, 0.25) is 5.96 Å². The van der Waals surface area contributed by atoms with Crippen LogP contribution in [0.5, 0.6) is 5.75 Å². The number of rotatable bonds is 2. The molecule has 0 radical (unpaired) electrons. The quantitative estimate of drug-likeness (QED) is 0.436. The maximum absolute atomic E-state index is 9.58. The normalized spacial score (nSPS) is 10.5. The van der Waals surface area contributed by atoms with Gasteiger partial charge in [0, 0.05) is 4.47 Å². The zero-order valence-electron chi connectivity index (χ0n) is 7.48. The van der Waals surface area contributed by atoms with Crippen molar-refractivity contribution in [2.75, 3.05) is 0 Å². The molecule has 1 rings (SSSR count). The molecule has 0 fully saturated rings. The molecule has 7 heteroatoms. The van der Waals surface area contributed by atoms with Crippen molar-refractivity contribution in [1.82, 2.24) is 0 Å². The topological polar surface area (TPSA) is 97.0 Å². The Balaban J connectivity index is 3.09. The van der Waals surface area contributed by atoms with E-state index in [-0.39, 0.29) is 16.7 Å². The molecule has 0 aliphatic rings. The molecule has 0 saturated heterocycles. The molecule has 0 atom stereocenters. The summed E-state index contributed by atoms with van der Waals surface area (Å²) in [5.74, 6) is -0.246. The summed E-state index contributed by atoms with van der Waals surface area (Å²) in [6.45, 7) is 0. The second-order valence-electron chi connectivity index (χ2n) is 2.56. The van der Waals surface area contributed by atoms with E-state index >= 15 is 0 Å². The van der Waals surface area contributed by atoms with E-state index in [1.807, 2.05) is 0 Å². The largest absolute Gasteiger partial charge is 0.506 e. The van der Waals surface area contributed by atoms with Gasteiger partial charge in [-0.2, -0.15) is 5.10 Å². The van der Waals surface area contributed by atoms with Gasteiger partial charge in [-0.05, 0) is 28.1 Å². The van der Waals surface area contributed by atoms with E-state index in [9.17, 15) is 5.11 Å². The summed E-state index contributed by atoms with van der Waals surface area (Å²) >= 11 is 8.94. The van der Waals surface area contributed by atoms with Crippen LogP contribution >= 0.6 is 27.5 Å². The molecule has 0 spiro atoms. The van der Waals surface area contributed by atoms with E-state index in [0.29, 0.717) is 10.0 Å². The molecule has 0 aliphatic carbocycles. The van der Waals surface area contributed by atoms with Crippen molar-refractivity contribution < 1.29 is 5.11 Å². The summed E-state index contributed by atoms with van der Waals surface area (Å²) in [5, 5.41) is 16.8. The summed E-state index contributed by atoms with van der Waals surface area (Å²) < 4.78 is 0.638. The molecule has 0 aromatic heterocycles. The van der Waals surface area contributed by atoms with Crippen LogP contribution in [0, 0.1) is 0 Å². The van der Waals surface area contributed by atoms with Gasteiger partial charge in [-0.1, -0.05) is 11.6 Å². The SMILES string of the molecule is NC(N)=NN=Cc1c(Br)ccc(Cl)c1O. The highest BCUT2D eigenvalue weighted by atomic mass is 79.9. The fourth-order valence-corrected chi connectivity index (χ4v) is 1.42. The Kier molecular flexibility index (Phi) is 3.93. The van der Waals surface area contributed by atoms with E-state index in [2.05, 4.69) is 26.1 Å². The molecule has 0 saturated carbocycles. The molecule has 5 N–H and O–H groups in total. The molecule has 0 bridgehead atoms. The van der Waals surface area contributed by atoms with Crippen molar-refractivity contribution in [1.29, 1.82) is 0 Å². The maximum atomic E-state index is 9.58. The van der Waals surface area contributed by atoms with Crippen molar-refractivity contribution in [3.63, 3.8) is 0 Å². The Hall–Kier alpha value is -1.27. The van der Waals surface area contributed by atoms with Crippen LogP contribution < -0.4 is 11.5 Å². The van der Waals surface area contributed by atoms with E-state index < -0.39 is 0 Å². The third-order valence-corrected chi connectivity index (χ3v) is 2.47. The van der Waals surface area contributed by atoms with E-state index in [1.165, 1.54) is 6.21 Å². The third kappa shape index (κ3) is 3.10. The van der Waals surface area contributed by atoms with Crippen LogP contribution in [0.1, 0.15) is 5.56 Å². The van der Waals surface area contributed by atoms with Gasteiger partial charge in [-0.25, -0.2) is 0 Å². The van der Waals surface area contributed by atoms with Crippen LogP contribution in [-0.2, 0) is 0 Å². The molecular formula is C8H8BrClN4O. The molecule has 15 heavy (non-hydrogen) atoms. The highest BCUT2D eigenvalue weighted by molar-refractivity contribution is 9.10. The first-order valence-corrected chi connectivity index (χ1v) is 4.98. The van der Waals surface area contributed by atoms with Gasteiger partial charge in [0.25, 0.3) is 0 Å². The van der Waals surface area contributed by atoms with Crippen LogP contribution in [0.2, 0.25) is 5.02 Å². The first-order chi connectivity index (χ1) is 7.02. The molecule has 80 valence electrons. The minimum atomic E-state index is -0.163. The molecular weight excluding hydrogens is 283 g/mol. The smallest absolute Gasteiger partial charge is 0.211 e. The Morgan fingerprint density at radius 3 is 2.73 bits per heavy atom. The first kappa shape index (κ1) is 11.8. The lowest BCUT2D eigenvalue weighted by Gasteiger charge is -2.02. The van der Waals surface area contributed by atoms with Crippen molar-refractivity contribution in [2.24, 2.45) is 21.7 Å². The molecule has 1 aromatic rings. The van der Waals surface area contributed by atoms with Gasteiger partial charge in [0.15, 0.2) is 0 Å². The summed E-state index contributed by atoms with van der Waals surface area (Å²) in [5.41, 5.74) is 10.6. The zero-order chi connectivity index (χ0) is 11.4. The number of phenols is 1. The first-order valence-electron chi connectivity index (χ1n) is 3.81. The highest BCUT2D eigenvalue weighted by Gasteiger charge is 2.07. The molecule has 1 aromatic carbocycles. The molecule has 0 aliphatic heterocycles. The van der Waals surface area contributed by atoms with E-state index in [1.54, 1.807) is 12.1 Å². The van der Waals surface area contributed by atoms with Gasteiger partial charge in [-0.15, -0.1) is 5.10 Å². The Labute approximate surface area is 99.6 Å². The van der Waals surface area contributed by atoms with Crippen molar-refractivity contribution in [3.8, 4) is 5.75 Å². The number of benzene rings is 1. The minimum absolute atomic E-state index is 0.0828. The Morgan fingerprint density at radius 1 is 1.47 bits per heavy atom. The highest BCUT2D eigenvalue weighted by Crippen LogP contribution is 2.31. The average Bonchev–Trinajstić information content (AvgIpc) is 2.17. The van der Waals surface area contributed by atoms with Crippen LogP contribution in [0.25, 0.3) is 0 Å². The predicted molar refractivity (Wildman–Crippen MR) is 64.2 cm³/mol. The lowest BCUT2D eigenvalue weighted by atomic mass is 10.2. The Bertz CT molecular complexity index is 429. The monoisotopic (exact) mass is 290 g/mol. The number of aromatic hydroxyl groups is 1. The number of phenolic OH excluding ortho intramolecular Hbond substituents is 1. The van der Waals surface area contributed by atoms with Crippen LogP contribution in [0.15, 0.2) is 26.8 Å². The van der Waals surface area contributed by atoms with Gasteiger partial charge < -0.3 is 16.6 Å². The number of nitrogens with zero attached hydrogens (tertiary/aromatic N) is 2. The zero-order valence-corrected chi connectivity index (χ0v) is 9.83. The average molecular weight is 292 g/mol. The van der Waals surface area contributed by atoms with E-state index in [4.69, 9.17) is 23.1 Å². The molecule has 0 unspecified atom stereocenters. The summed E-state index contributed by atoms with van der Waals surface area (Å²) in [4.78, 5) is 0. The third-order valence-electron chi connectivity index (χ3n) is 1.47. The minimum Gasteiger partial charge on any atom is -0.506 e. The fraction of sp³-hybridized carbons (Fsp3) is 0. The number of halogens is 2. The van der Waals surface area contributed by atoms with Crippen LogP contribution in [0.4, 0.5) is 0 Å². The second-order valence-corrected chi connectivity index (χ2v) is 3.82. The van der Waals surface area contributed by atoms with Crippen LogP contribution in [-0.4, -0.2) is 17.3 Å². The second kappa shape index (κ2) is 4.99. The van der Waals surface area contributed by atoms with Gasteiger partial charge in [0.05, 0.1) is 16.8 Å². The number of hydrogen-bond donors (Lipinski definition) is 3. The summed E-state index contributed by atoms with van der Waals surface area (Å²) in [6, 6.07) is 3.23. The molecule has 0 amide bonds. The van der Waals surface area contributed by atoms with Gasteiger partial charge >= 0.3 is 0 Å².